The summed E-state index contributed by atoms with van der Waals surface area (Å²) in [5.74, 6) is 0.526. The lowest BCUT2D eigenvalue weighted by atomic mass is 10.1. The van der Waals surface area contributed by atoms with Gasteiger partial charge in [-0.2, -0.15) is 0 Å². The van der Waals surface area contributed by atoms with Gasteiger partial charge in [0.15, 0.2) is 5.76 Å². The van der Waals surface area contributed by atoms with Crippen molar-refractivity contribution in [2.45, 2.75) is 6.92 Å². The molecule has 0 aliphatic rings. The summed E-state index contributed by atoms with van der Waals surface area (Å²) in [6.07, 6.45) is 0. The van der Waals surface area contributed by atoms with E-state index in [1.54, 1.807) is 6.92 Å². The number of hydrogen-bond acceptors (Lipinski definition) is 3. The summed E-state index contributed by atoms with van der Waals surface area (Å²) < 4.78 is 5.03. The van der Waals surface area contributed by atoms with Gasteiger partial charge in [-0.15, -0.1) is 0 Å². The predicted octanol–water partition coefficient (Wildman–Crippen LogP) is 2.14. The number of amides is 2. The van der Waals surface area contributed by atoms with Gasteiger partial charge < -0.3 is 15.6 Å². The molecule has 0 radical (unpaired) electrons. The van der Waals surface area contributed by atoms with Gasteiger partial charge in [-0.05, 0) is 6.92 Å². The lowest BCUT2D eigenvalue weighted by Crippen LogP contribution is -2.19. The molecule has 3 N–H and O–H groups in total. The number of aromatic nitrogens is 1. The van der Waals surface area contributed by atoms with Crippen LogP contribution in [0.1, 0.15) is 5.76 Å². The summed E-state index contributed by atoms with van der Waals surface area (Å²) in [6.45, 7) is 1.71. The Balaban J connectivity index is 2.46. The maximum atomic E-state index is 10.8. The van der Waals surface area contributed by atoms with E-state index in [1.165, 1.54) is 0 Å². The van der Waals surface area contributed by atoms with Crippen molar-refractivity contribution in [3.05, 3.63) is 36.1 Å². The smallest absolute Gasteiger partial charge is 0.316 e. The molecule has 16 heavy (non-hydrogen) atoms. The Morgan fingerprint density at radius 1 is 1.38 bits per heavy atom. The normalized spacial score (nSPS) is 10.1. The first-order chi connectivity index (χ1) is 7.68. The minimum absolute atomic E-state index is 0.513. The minimum Gasteiger partial charge on any atom is -0.359 e. The molecule has 0 bridgehead atoms. The van der Waals surface area contributed by atoms with Gasteiger partial charge in [0.25, 0.3) is 0 Å². The Morgan fingerprint density at radius 2 is 2.06 bits per heavy atom. The quantitative estimate of drug-likeness (QED) is 0.808. The van der Waals surface area contributed by atoms with Crippen LogP contribution in [0.25, 0.3) is 11.3 Å². The van der Waals surface area contributed by atoms with E-state index in [9.17, 15) is 4.79 Å². The van der Waals surface area contributed by atoms with E-state index in [4.69, 9.17) is 10.3 Å². The van der Waals surface area contributed by atoms with Crippen LogP contribution in [0.2, 0.25) is 0 Å². The fourth-order valence-electron chi connectivity index (χ4n) is 1.44. The highest BCUT2D eigenvalue weighted by atomic mass is 16.5. The minimum atomic E-state index is -0.636. The molecule has 0 saturated heterocycles. The van der Waals surface area contributed by atoms with Gasteiger partial charge in [-0.3, -0.25) is 0 Å². The molecule has 0 unspecified atom stereocenters. The Kier molecular flexibility index (Phi) is 2.59. The topological polar surface area (TPSA) is 81.2 Å². The van der Waals surface area contributed by atoms with Gasteiger partial charge in [0.2, 0.25) is 0 Å². The SMILES string of the molecule is Cc1onc(-c2ccccc2)c1NC(N)=O. The van der Waals surface area contributed by atoms with Crippen LogP contribution in [-0.4, -0.2) is 11.2 Å². The number of benzene rings is 1. The number of carbonyl (C=O) groups is 1. The number of nitrogens with two attached hydrogens (primary N) is 1. The zero-order chi connectivity index (χ0) is 11.5. The van der Waals surface area contributed by atoms with Crippen LogP contribution in [0, 0.1) is 6.92 Å². The highest BCUT2D eigenvalue weighted by Crippen LogP contribution is 2.29. The Hall–Kier alpha value is -2.30. The molecule has 2 rings (SSSR count). The molecular weight excluding hydrogens is 206 g/mol. The van der Waals surface area contributed by atoms with Gasteiger partial charge in [0.05, 0.1) is 0 Å². The second-order valence-corrected chi connectivity index (χ2v) is 3.32. The average molecular weight is 217 g/mol. The third-order valence-electron chi connectivity index (χ3n) is 2.16. The van der Waals surface area contributed by atoms with E-state index >= 15 is 0 Å². The molecule has 5 heteroatoms. The van der Waals surface area contributed by atoms with Crippen LogP contribution < -0.4 is 11.1 Å². The van der Waals surface area contributed by atoms with Crippen LogP contribution >= 0.6 is 0 Å². The van der Waals surface area contributed by atoms with E-state index in [0.717, 1.165) is 5.56 Å². The van der Waals surface area contributed by atoms with Crippen molar-refractivity contribution in [2.75, 3.05) is 5.32 Å². The second kappa shape index (κ2) is 4.06. The molecule has 0 spiro atoms. The molecule has 0 aliphatic heterocycles. The van der Waals surface area contributed by atoms with Crippen molar-refractivity contribution >= 4 is 11.7 Å². The predicted molar refractivity (Wildman–Crippen MR) is 59.9 cm³/mol. The highest BCUT2D eigenvalue weighted by molar-refractivity contribution is 5.93. The van der Waals surface area contributed by atoms with E-state index in [2.05, 4.69) is 10.5 Å². The van der Waals surface area contributed by atoms with Gasteiger partial charge >= 0.3 is 6.03 Å². The molecule has 82 valence electrons. The zero-order valence-corrected chi connectivity index (χ0v) is 8.73. The summed E-state index contributed by atoms with van der Waals surface area (Å²) in [4.78, 5) is 10.8. The summed E-state index contributed by atoms with van der Waals surface area (Å²) in [5.41, 5.74) is 7.04. The van der Waals surface area contributed by atoms with E-state index in [-0.39, 0.29) is 0 Å². The summed E-state index contributed by atoms with van der Waals surface area (Å²) >= 11 is 0. The molecular formula is C11H11N3O2. The largest absolute Gasteiger partial charge is 0.359 e. The van der Waals surface area contributed by atoms with Gasteiger partial charge in [0.1, 0.15) is 11.4 Å². The van der Waals surface area contributed by atoms with Crippen LogP contribution in [0.15, 0.2) is 34.9 Å². The average Bonchev–Trinajstić information content (AvgIpc) is 2.61. The van der Waals surface area contributed by atoms with Crippen molar-refractivity contribution in [3.63, 3.8) is 0 Å². The number of primary amides is 1. The fraction of sp³-hybridized carbons (Fsp3) is 0.0909. The first-order valence-electron chi connectivity index (χ1n) is 4.76. The summed E-state index contributed by atoms with van der Waals surface area (Å²) in [7, 11) is 0. The highest BCUT2D eigenvalue weighted by Gasteiger charge is 2.15. The lowest BCUT2D eigenvalue weighted by molar-refractivity contribution is 0.259. The molecule has 5 nitrogen and oxygen atoms in total. The molecule has 0 aliphatic carbocycles. The zero-order valence-electron chi connectivity index (χ0n) is 8.73. The van der Waals surface area contributed by atoms with Gasteiger partial charge in [0, 0.05) is 5.56 Å². The molecule has 2 aromatic rings. The number of nitrogens with zero attached hydrogens (tertiary/aromatic N) is 1. The van der Waals surface area contributed by atoms with Gasteiger partial charge in [-0.25, -0.2) is 4.79 Å². The third kappa shape index (κ3) is 1.88. The van der Waals surface area contributed by atoms with Crippen molar-refractivity contribution in [3.8, 4) is 11.3 Å². The van der Waals surface area contributed by atoms with Crippen LogP contribution in [0.3, 0.4) is 0 Å². The van der Waals surface area contributed by atoms with E-state index in [1.807, 2.05) is 30.3 Å². The van der Waals surface area contributed by atoms with E-state index < -0.39 is 6.03 Å². The number of aryl methyl sites for hydroxylation is 1. The number of rotatable bonds is 2. The molecule has 2 amide bonds. The van der Waals surface area contributed by atoms with E-state index in [0.29, 0.717) is 17.1 Å². The molecule has 0 atom stereocenters. The molecule has 1 heterocycles. The second-order valence-electron chi connectivity index (χ2n) is 3.32. The monoisotopic (exact) mass is 217 g/mol. The first kappa shape index (κ1) is 10.2. The van der Waals surface area contributed by atoms with Crippen LogP contribution in [0.5, 0.6) is 0 Å². The standard InChI is InChI=1S/C11H11N3O2/c1-7-9(13-11(12)15)10(14-16-7)8-5-3-2-4-6-8/h2-6H,1H3,(H3,12,13,15). The first-order valence-corrected chi connectivity index (χ1v) is 4.76. The Morgan fingerprint density at radius 3 is 2.69 bits per heavy atom. The number of carbonyl (C=O) groups excluding carboxylic acids is 1. The fourth-order valence-corrected chi connectivity index (χ4v) is 1.44. The van der Waals surface area contributed by atoms with Crippen molar-refractivity contribution < 1.29 is 9.32 Å². The van der Waals surface area contributed by atoms with Crippen LogP contribution in [0.4, 0.5) is 10.5 Å². The third-order valence-corrected chi connectivity index (χ3v) is 2.16. The molecule has 1 aromatic carbocycles. The molecule has 1 aromatic heterocycles. The number of urea groups is 1. The van der Waals surface area contributed by atoms with Crippen LogP contribution in [-0.2, 0) is 0 Å². The number of hydrogen-bond donors (Lipinski definition) is 2. The molecule has 0 fully saturated rings. The van der Waals surface area contributed by atoms with Gasteiger partial charge in [-0.1, -0.05) is 35.5 Å². The summed E-state index contributed by atoms with van der Waals surface area (Å²) in [5, 5.41) is 6.40. The Labute approximate surface area is 92.2 Å². The molecule has 0 saturated carbocycles. The number of nitrogens with one attached hydrogen (secondary N) is 1. The number of anilines is 1. The maximum Gasteiger partial charge on any atom is 0.316 e. The summed E-state index contributed by atoms with van der Waals surface area (Å²) in [6, 6.07) is 8.79. The lowest BCUT2D eigenvalue weighted by Gasteiger charge is -2.01. The van der Waals surface area contributed by atoms with Crippen molar-refractivity contribution in [2.24, 2.45) is 5.73 Å². The van der Waals surface area contributed by atoms with Crippen molar-refractivity contribution in [1.29, 1.82) is 0 Å². The Bertz CT molecular complexity index is 505. The maximum absolute atomic E-state index is 10.8. The van der Waals surface area contributed by atoms with Crippen molar-refractivity contribution in [1.82, 2.24) is 5.16 Å².